The van der Waals surface area contributed by atoms with Gasteiger partial charge >= 0.3 is 12.2 Å². The summed E-state index contributed by atoms with van der Waals surface area (Å²) in [6.07, 6.45) is 14.9. The highest BCUT2D eigenvalue weighted by Crippen LogP contribution is 2.31. The van der Waals surface area contributed by atoms with Crippen LogP contribution in [0.1, 0.15) is 140 Å². The lowest BCUT2D eigenvalue weighted by molar-refractivity contribution is 0.0527. The molecule has 4 rings (SSSR count). The molecule has 51 heavy (non-hydrogen) atoms. The van der Waals surface area contributed by atoms with E-state index >= 15 is 0 Å². The molecule has 2 heterocycles. The number of nitrogens with zero attached hydrogens (tertiary/aromatic N) is 6. The van der Waals surface area contributed by atoms with Gasteiger partial charge in [-0.1, -0.05) is 56.4 Å². The number of aromatic nitrogens is 5. The molecule has 1 aromatic carbocycles. The fourth-order valence-electron chi connectivity index (χ4n) is 6.16. The molecular formula is C39H59N7O5. The third-order valence-electron chi connectivity index (χ3n) is 8.69. The van der Waals surface area contributed by atoms with Crippen LogP contribution in [-0.2, 0) is 35.3 Å². The molecule has 1 aliphatic carbocycles. The highest BCUT2D eigenvalue weighted by molar-refractivity contribution is 5.94. The van der Waals surface area contributed by atoms with E-state index in [1.165, 1.54) is 29.4 Å². The van der Waals surface area contributed by atoms with Gasteiger partial charge in [0.25, 0.3) is 5.91 Å². The maximum Gasteiger partial charge on any atom is 0.421 e. The Balaban J connectivity index is 1.27. The number of ether oxygens (including phenoxy) is 2. The van der Waals surface area contributed by atoms with Crippen LogP contribution in [0.4, 0.5) is 15.5 Å². The van der Waals surface area contributed by atoms with Crippen molar-refractivity contribution >= 4 is 24.0 Å². The van der Waals surface area contributed by atoms with E-state index in [4.69, 9.17) is 14.5 Å². The number of benzene rings is 1. The summed E-state index contributed by atoms with van der Waals surface area (Å²) < 4.78 is 14.6. The van der Waals surface area contributed by atoms with Crippen LogP contribution < -0.4 is 10.2 Å². The normalized spacial score (nSPS) is 13.7. The van der Waals surface area contributed by atoms with E-state index in [1.807, 2.05) is 72.0 Å². The number of anilines is 1. The number of amides is 2. The van der Waals surface area contributed by atoms with Gasteiger partial charge in [0, 0.05) is 30.5 Å². The minimum Gasteiger partial charge on any atom is -0.443 e. The number of carbonyl (C=O) groups is 3. The van der Waals surface area contributed by atoms with Gasteiger partial charge in [-0.2, -0.15) is 0 Å². The predicted molar refractivity (Wildman–Crippen MR) is 198 cm³/mol. The second-order valence-corrected chi connectivity index (χ2v) is 15.6. The van der Waals surface area contributed by atoms with Crippen LogP contribution in [0.2, 0.25) is 0 Å². The monoisotopic (exact) mass is 705 g/mol. The molecule has 0 unspecified atom stereocenters. The summed E-state index contributed by atoms with van der Waals surface area (Å²) in [5, 5.41) is 11.5. The summed E-state index contributed by atoms with van der Waals surface area (Å²) in [4.78, 5) is 45.8. The van der Waals surface area contributed by atoms with Gasteiger partial charge in [-0.15, -0.1) is 5.10 Å². The number of hydrogen-bond donors (Lipinski definition) is 1. The zero-order valence-corrected chi connectivity index (χ0v) is 31.9. The molecule has 12 nitrogen and oxygen atoms in total. The largest absolute Gasteiger partial charge is 0.443 e. The van der Waals surface area contributed by atoms with Crippen LogP contribution in [0.5, 0.6) is 0 Å². The molecule has 3 aromatic rings. The van der Waals surface area contributed by atoms with E-state index in [0.717, 1.165) is 69.2 Å². The van der Waals surface area contributed by atoms with Crippen LogP contribution in [0.15, 0.2) is 36.7 Å². The van der Waals surface area contributed by atoms with E-state index in [0.29, 0.717) is 25.1 Å². The van der Waals surface area contributed by atoms with E-state index in [9.17, 15) is 14.4 Å². The second-order valence-electron chi connectivity index (χ2n) is 15.6. The molecule has 0 aliphatic heterocycles. The lowest BCUT2D eigenvalue weighted by atomic mass is 10.1. The van der Waals surface area contributed by atoms with Crippen molar-refractivity contribution in [2.24, 2.45) is 0 Å². The Kier molecular flexibility index (Phi) is 14.2. The molecule has 0 spiro atoms. The highest BCUT2D eigenvalue weighted by atomic mass is 16.6. The average molecular weight is 706 g/mol. The molecule has 1 saturated carbocycles. The molecular weight excluding hydrogens is 646 g/mol. The number of rotatable bonds is 16. The Hall–Kier alpha value is -4.22. The van der Waals surface area contributed by atoms with Crippen molar-refractivity contribution in [2.45, 2.75) is 156 Å². The molecule has 2 aromatic heterocycles. The third-order valence-corrected chi connectivity index (χ3v) is 8.69. The van der Waals surface area contributed by atoms with E-state index in [1.54, 1.807) is 15.8 Å². The van der Waals surface area contributed by atoms with Gasteiger partial charge in [0.2, 0.25) is 5.95 Å². The SMILES string of the molecule is CCCCCc1ccc(C(=O)NCCn2cc(CCCCCc3cn(C(=O)OC(C)(C)C)c(N(C(=O)OC(C)(C)C)C4CCCC4)n3)nn2)cc1. The molecule has 0 bridgehead atoms. The van der Waals surface area contributed by atoms with Gasteiger partial charge in [0.05, 0.1) is 17.9 Å². The third kappa shape index (κ3) is 12.8. The molecule has 0 saturated heterocycles. The predicted octanol–water partition coefficient (Wildman–Crippen LogP) is 8.06. The Morgan fingerprint density at radius 3 is 2.14 bits per heavy atom. The number of nitrogens with one attached hydrogen (secondary N) is 1. The number of carbonyl (C=O) groups excluding carboxylic acids is 3. The first-order valence-electron chi connectivity index (χ1n) is 18.8. The fourth-order valence-corrected chi connectivity index (χ4v) is 6.16. The van der Waals surface area contributed by atoms with Crippen molar-refractivity contribution < 1.29 is 23.9 Å². The van der Waals surface area contributed by atoms with Crippen molar-refractivity contribution in [3.8, 4) is 0 Å². The molecule has 1 aliphatic rings. The van der Waals surface area contributed by atoms with Crippen LogP contribution in [-0.4, -0.2) is 66.4 Å². The number of unbranched alkanes of at least 4 members (excludes halogenated alkanes) is 4. The van der Waals surface area contributed by atoms with Crippen LogP contribution >= 0.6 is 0 Å². The van der Waals surface area contributed by atoms with Gasteiger partial charge < -0.3 is 14.8 Å². The molecule has 12 heteroatoms. The lowest BCUT2D eigenvalue weighted by Crippen LogP contribution is -2.44. The van der Waals surface area contributed by atoms with Crippen LogP contribution in [0.25, 0.3) is 0 Å². The summed E-state index contributed by atoms with van der Waals surface area (Å²) in [7, 11) is 0. The topological polar surface area (TPSA) is 133 Å². The number of aryl methyl sites for hydroxylation is 3. The molecule has 0 radical (unpaired) electrons. The van der Waals surface area contributed by atoms with Crippen molar-refractivity contribution in [3.05, 3.63) is 59.2 Å². The smallest absolute Gasteiger partial charge is 0.421 e. The highest BCUT2D eigenvalue weighted by Gasteiger charge is 2.36. The number of hydrogen-bond acceptors (Lipinski definition) is 8. The molecule has 1 fully saturated rings. The molecule has 0 atom stereocenters. The van der Waals surface area contributed by atoms with E-state index in [-0.39, 0.29) is 17.9 Å². The number of imidazole rings is 1. The molecule has 2 amide bonds. The summed E-state index contributed by atoms with van der Waals surface area (Å²) in [6.45, 7) is 14.1. The zero-order chi connectivity index (χ0) is 37.0. The summed E-state index contributed by atoms with van der Waals surface area (Å²) in [5.41, 5.74) is 2.15. The van der Waals surface area contributed by atoms with Gasteiger partial charge in [-0.3, -0.25) is 9.48 Å². The Morgan fingerprint density at radius 2 is 1.49 bits per heavy atom. The lowest BCUT2D eigenvalue weighted by Gasteiger charge is -2.31. The van der Waals surface area contributed by atoms with Crippen LogP contribution in [0.3, 0.4) is 0 Å². The zero-order valence-electron chi connectivity index (χ0n) is 31.9. The van der Waals surface area contributed by atoms with Gasteiger partial charge in [-0.05, 0) is 111 Å². The van der Waals surface area contributed by atoms with Crippen molar-refractivity contribution in [2.75, 3.05) is 11.4 Å². The standard InChI is InChI=1S/C39H59N7O5/c1-8-9-11-16-29-21-23-30(24-22-29)34(47)40-25-26-44-27-32(42-43-44)18-13-10-12-17-31-28-45(36(48)50-38(2,3)4)35(41-31)46(33-19-14-15-20-33)37(49)51-39(5,6)7/h21-24,27-28,33H,8-20,25-26H2,1-7H3,(H,40,47). The quantitative estimate of drug-likeness (QED) is 0.148. The van der Waals surface area contributed by atoms with Crippen molar-refractivity contribution in [1.82, 2.24) is 29.9 Å². The Labute approximate surface area is 303 Å². The average Bonchev–Trinajstić information content (AvgIpc) is 3.82. The minimum atomic E-state index is -0.710. The first-order valence-corrected chi connectivity index (χ1v) is 18.8. The van der Waals surface area contributed by atoms with Crippen LogP contribution in [0, 0.1) is 0 Å². The van der Waals surface area contributed by atoms with E-state index in [2.05, 4.69) is 22.6 Å². The Morgan fingerprint density at radius 1 is 0.843 bits per heavy atom. The summed E-state index contributed by atoms with van der Waals surface area (Å²) in [6, 6.07) is 7.77. The second kappa shape index (κ2) is 18.3. The molecule has 1 N–H and O–H groups in total. The Bertz CT molecular complexity index is 1560. The first-order chi connectivity index (χ1) is 24.2. The van der Waals surface area contributed by atoms with Crippen molar-refractivity contribution in [1.29, 1.82) is 0 Å². The fraction of sp³-hybridized carbons (Fsp3) is 0.641. The first kappa shape index (κ1) is 39.6. The van der Waals surface area contributed by atoms with Gasteiger partial charge in [0.1, 0.15) is 11.2 Å². The summed E-state index contributed by atoms with van der Waals surface area (Å²) >= 11 is 0. The summed E-state index contributed by atoms with van der Waals surface area (Å²) in [5.74, 6) is 0.165. The minimum absolute atomic E-state index is 0.0884. The van der Waals surface area contributed by atoms with Gasteiger partial charge in [0.15, 0.2) is 0 Å². The van der Waals surface area contributed by atoms with E-state index < -0.39 is 23.4 Å². The molecule has 280 valence electrons. The maximum absolute atomic E-state index is 13.5. The van der Waals surface area contributed by atoms with Crippen molar-refractivity contribution in [3.63, 3.8) is 0 Å². The maximum atomic E-state index is 13.5. The van der Waals surface area contributed by atoms with Gasteiger partial charge in [-0.25, -0.2) is 24.0 Å².